The lowest BCUT2D eigenvalue weighted by Crippen LogP contribution is -2.50. The van der Waals surface area contributed by atoms with Crippen molar-refractivity contribution in [2.24, 2.45) is 0 Å². The van der Waals surface area contributed by atoms with Crippen LogP contribution in [0.4, 0.5) is 0 Å². The molecule has 1 aromatic carbocycles. The minimum Gasteiger partial charge on any atom is -0.480 e. The number of hydrogen-bond donors (Lipinski definition) is 1. The smallest absolute Gasteiger partial charge is 0.328 e. The van der Waals surface area contributed by atoms with Crippen LogP contribution in [0.25, 0.3) is 5.69 Å². The zero-order valence-corrected chi connectivity index (χ0v) is 14.9. The lowest BCUT2D eigenvalue weighted by atomic mass is 10.1. The van der Waals surface area contributed by atoms with Gasteiger partial charge in [0.1, 0.15) is 11.9 Å². The molecule has 0 bridgehead atoms. The number of aliphatic carboxylic acids is 1. The van der Waals surface area contributed by atoms with E-state index < -0.39 is 17.9 Å². The molecule has 0 radical (unpaired) electrons. The van der Waals surface area contributed by atoms with Gasteiger partial charge >= 0.3 is 5.97 Å². The number of para-hydroxylation sites is 1. The number of rotatable bonds is 3. The first-order chi connectivity index (χ1) is 13.0. The molecular weight excluding hydrogens is 348 g/mol. The molecule has 0 spiro atoms. The van der Waals surface area contributed by atoms with Gasteiger partial charge in [-0.15, -0.1) is 10.2 Å². The number of hydrogen-bond acceptors (Lipinski definition) is 5. The van der Waals surface area contributed by atoms with Gasteiger partial charge in [-0.25, -0.2) is 9.48 Å². The van der Waals surface area contributed by atoms with Crippen molar-refractivity contribution in [3.8, 4) is 5.69 Å². The van der Waals surface area contributed by atoms with Crippen molar-refractivity contribution < 1.29 is 14.7 Å². The number of carboxylic acid groups (broad SMARTS) is 1. The highest BCUT2D eigenvalue weighted by atomic mass is 16.4. The SMILES string of the molecule is Cc1ccccc1-n1cc(C(=O)N2Cc3nnc(C)n3CC2C(=O)O)cn1. The Labute approximate surface area is 154 Å². The third-order valence-corrected chi connectivity index (χ3v) is 4.79. The van der Waals surface area contributed by atoms with Crippen LogP contribution in [0, 0.1) is 13.8 Å². The summed E-state index contributed by atoms with van der Waals surface area (Å²) in [6.45, 7) is 3.94. The number of carbonyl (C=O) groups is 2. The summed E-state index contributed by atoms with van der Waals surface area (Å²) in [4.78, 5) is 26.1. The van der Waals surface area contributed by atoms with Crippen LogP contribution in [0.3, 0.4) is 0 Å². The molecule has 0 fully saturated rings. The minimum absolute atomic E-state index is 0.0895. The summed E-state index contributed by atoms with van der Waals surface area (Å²) in [7, 11) is 0. The summed E-state index contributed by atoms with van der Waals surface area (Å²) in [6.07, 6.45) is 3.08. The zero-order chi connectivity index (χ0) is 19.1. The molecule has 1 unspecified atom stereocenters. The Balaban J connectivity index is 1.66. The second-order valence-corrected chi connectivity index (χ2v) is 6.52. The van der Waals surface area contributed by atoms with Gasteiger partial charge in [0.25, 0.3) is 5.91 Å². The number of amides is 1. The summed E-state index contributed by atoms with van der Waals surface area (Å²) in [5, 5.41) is 21.9. The molecule has 1 atom stereocenters. The zero-order valence-electron chi connectivity index (χ0n) is 14.9. The number of aromatic nitrogens is 5. The molecule has 1 amide bonds. The number of benzene rings is 1. The fourth-order valence-electron chi connectivity index (χ4n) is 3.29. The number of carboxylic acids is 1. The molecule has 1 aliphatic rings. The van der Waals surface area contributed by atoms with E-state index in [1.54, 1.807) is 22.4 Å². The second-order valence-electron chi connectivity index (χ2n) is 6.52. The molecule has 0 saturated carbocycles. The van der Waals surface area contributed by atoms with E-state index >= 15 is 0 Å². The number of nitrogens with zero attached hydrogens (tertiary/aromatic N) is 6. The van der Waals surface area contributed by atoms with Crippen molar-refractivity contribution in [2.75, 3.05) is 0 Å². The van der Waals surface area contributed by atoms with E-state index in [1.807, 2.05) is 31.2 Å². The summed E-state index contributed by atoms with van der Waals surface area (Å²) in [6, 6.07) is 6.70. The molecule has 3 aromatic rings. The molecule has 9 heteroatoms. The Morgan fingerprint density at radius 2 is 1.96 bits per heavy atom. The van der Waals surface area contributed by atoms with Gasteiger partial charge in [0, 0.05) is 6.20 Å². The maximum atomic E-state index is 13.0. The summed E-state index contributed by atoms with van der Waals surface area (Å²) >= 11 is 0. The number of aryl methyl sites for hydroxylation is 2. The van der Waals surface area contributed by atoms with Crippen LogP contribution in [0.1, 0.15) is 27.6 Å². The van der Waals surface area contributed by atoms with Gasteiger partial charge in [0.15, 0.2) is 5.82 Å². The van der Waals surface area contributed by atoms with E-state index in [0.717, 1.165) is 11.3 Å². The predicted octanol–water partition coefficient (Wildman–Crippen LogP) is 1.19. The van der Waals surface area contributed by atoms with Gasteiger partial charge in [0.05, 0.1) is 30.5 Å². The molecule has 138 valence electrons. The fourth-order valence-corrected chi connectivity index (χ4v) is 3.29. The Morgan fingerprint density at radius 3 is 2.70 bits per heavy atom. The summed E-state index contributed by atoms with van der Waals surface area (Å²) in [5.74, 6) is -0.247. The van der Waals surface area contributed by atoms with Crippen LogP contribution in [0.15, 0.2) is 36.7 Å². The van der Waals surface area contributed by atoms with Crippen molar-refractivity contribution in [3.05, 3.63) is 59.4 Å². The van der Waals surface area contributed by atoms with Gasteiger partial charge in [0.2, 0.25) is 0 Å². The third-order valence-electron chi connectivity index (χ3n) is 4.79. The van der Waals surface area contributed by atoms with Gasteiger partial charge < -0.3 is 14.6 Å². The van der Waals surface area contributed by atoms with E-state index in [1.165, 1.54) is 11.1 Å². The van der Waals surface area contributed by atoms with E-state index in [-0.39, 0.29) is 13.1 Å². The van der Waals surface area contributed by atoms with Crippen LogP contribution >= 0.6 is 0 Å². The van der Waals surface area contributed by atoms with Crippen molar-refractivity contribution in [3.63, 3.8) is 0 Å². The summed E-state index contributed by atoms with van der Waals surface area (Å²) in [5.41, 5.74) is 2.21. The van der Waals surface area contributed by atoms with Crippen molar-refractivity contribution in [1.82, 2.24) is 29.4 Å². The average Bonchev–Trinajstić information content (AvgIpc) is 3.28. The predicted molar refractivity (Wildman–Crippen MR) is 94.4 cm³/mol. The van der Waals surface area contributed by atoms with Crippen molar-refractivity contribution in [2.45, 2.75) is 33.0 Å². The van der Waals surface area contributed by atoms with Crippen molar-refractivity contribution in [1.29, 1.82) is 0 Å². The van der Waals surface area contributed by atoms with E-state index in [2.05, 4.69) is 15.3 Å². The molecule has 4 rings (SSSR count). The monoisotopic (exact) mass is 366 g/mol. The standard InChI is InChI=1S/C18H18N6O3/c1-11-5-3-4-6-14(11)24-8-13(7-19-24)17(25)23-10-16-21-20-12(2)22(16)9-15(23)18(26)27/h3-8,15H,9-10H2,1-2H3,(H,26,27). The number of carbonyl (C=O) groups excluding carboxylic acids is 1. The normalized spacial score (nSPS) is 16.2. The minimum atomic E-state index is -1.06. The quantitative estimate of drug-likeness (QED) is 0.746. The third kappa shape index (κ3) is 2.86. The molecule has 1 N–H and O–H groups in total. The molecule has 1 aliphatic heterocycles. The largest absolute Gasteiger partial charge is 0.480 e. The van der Waals surface area contributed by atoms with E-state index in [9.17, 15) is 14.7 Å². The highest BCUT2D eigenvalue weighted by Gasteiger charge is 2.37. The lowest BCUT2D eigenvalue weighted by Gasteiger charge is -2.33. The molecule has 0 aliphatic carbocycles. The Bertz CT molecular complexity index is 1040. The molecular formula is C18H18N6O3. The maximum absolute atomic E-state index is 13.0. The van der Waals surface area contributed by atoms with Gasteiger partial charge in [-0.3, -0.25) is 4.79 Å². The van der Waals surface area contributed by atoms with Crippen LogP contribution in [-0.4, -0.2) is 52.5 Å². The fraction of sp³-hybridized carbons (Fsp3) is 0.278. The van der Waals surface area contributed by atoms with Crippen LogP contribution in [0.2, 0.25) is 0 Å². The van der Waals surface area contributed by atoms with Crippen LogP contribution in [-0.2, 0) is 17.9 Å². The molecule has 9 nitrogen and oxygen atoms in total. The highest BCUT2D eigenvalue weighted by molar-refractivity contribution is 5.96. The van der Waals surface area contributed by atoms with Crippen molar-refractivity contribution >= 4 is 11.9 Å². The first-order valence-corrected chi connectivity index (χ1v) is 8.49. The first kappa shape index (κ1) is 17.0. The summed E-state index contributed by atoms with van der Waals surface area (Å²) < 4.78 is 3.36. The Morgan fingerprint density at radius 1 is 1.19 bits per heavy atom. The van der Waals surface area contributed by atoms with Gasteiger partial charge in [-0.1, -0.05) is 18.2 Å². The first-order valence-electron chi connectivity index (χ1n) is 8.49. The number of fused-ring (bicyclic) bond motifs is 1. The molecule has 2 aromatic heterocycles. The van der Waals surface area contributed by atoms with Gasteiger partial charge in [-0.05, 0) is 25.5 Å². The Kier molecular flexibility index (Phi) is 3.98. The average molecular weight is 366 g/mol. The highest BCUT2D eigenvalue weighted by Crippen LogP contribution is 2.21. The van der Waals surface area contributed by atoms with E-state index in [0.29, 0.717) is 17.2 Å². The van der Waals surface area contributed by atoms with E-state index in [4.69, 9.17) is 0 Å². The molecule has 27 heavy (non-hydrogen) atoms. The molecule has 3 heterocycles. The van der Waals surface area contributed by atoms with Gasteiger partial charge in [-0.2, -0.15) is 5.10 Å². The maximum Gasteiger partial charge on any atom is 0.328 e. The van der Waals surface area contributed by atoms with Crippen LogP contribution < -0.4 is 0 Å². The topological polar surface area (TPSA) is 106 Å². The lowest BCUT2D eigenvalue weighted by molar-refractivity contribution is -0.143. The molecule has 0 saturated heterocycles. The Hall–Kier alpha value is -3.49. The second kappa shape index (κ2) is 6.35. The van der Waals surface area contributed by atoms with Crippen LogP contribution in [0.5, 0.6) is 0 Å².